The van der Waals surface area contributed by atoms with E-state index >= 15 is 0 Å². The summed E-state index contributed by atoms with van der Waals surface area (Å²) in [6.45, 7) is 0. The smallest absolute Gasteiger partial charge is 0.0432 e. The fourth-order valence-corrected chi connectivity index (χ4v) is 8.21. The summed E-state index contributed by atoms with van der Waals surface area (Å²) < 4.78 is 0. The van der Waals surface area contributed by atoms with E-state index in [2.05, 4.69) is 176 Å². The SMILES string of the molecule is Clc1cc(Cl)cc(Sc2ccc(-c3cc(-c4ccccc4)cc(-c4ccccc4)c3)cc2-c2cc(-c3ccccc3)cc(-c3ccccc3)c2)c1. The lowest BCUT2D eigenvalue weighted by molar-refractivity contribution is 1.40. The van der Waals surface area contributed by atoms with Gasteiger partial charge >= 0.3 is 0 Å². The lowest BCUT2D eigenvalue weighted by Gasteiger charge is -2.17. The normalized spacial score (nSPS) is 11.0. The predicted molar refractivity (Wildman–Crippen MR) is 220 cm³/mol. The lowest BCUT2D eigenvalue weighted by Crippen LogP contribution is -1.91. The Kier molecular flexibility index (Phi) is 9.60. The number of hydrogen-bond acceptors (Lipinski definition) is 1. The minimum atomic E-state index is 0.617. The summed E-state index contributed by atoms with van der Waals surface area (Å²) in [6.07, 6.45) is 0. The van der Waals surface area contributed by atoms with E-state index in [0.29, 0.717) is 10.0 Å². The Morgan fingerprint density at radius 2 is 0.627 bits per heavy atom. The first kappa shape index (κ1) is 32.9. The molecule has 0 atom stereocenters. The molecule has 8 aromatic rings. The molecule has 244 valence electrons. The molecule has 8 rings (SSSR count). The van der Waals surface area contributed by atoms with Gasteiger partial charge in [-0.2, -0.15) is 0 Å². The van der Waals surface area contributed by atoms with Crippen LogP contribution in [0.15, 0.2) is 204 Å². The number of hydrogen-bond donors (Lipinski definition) is 0. The van der Waals surface area contributed by atoms with Crippen LogP contribution in [0.25, 0.3) is 66.8 Å². The van der Waals surface area contributed by atoms with Crippen LogP contribution in [0.3, 0.4) is 0 Å². The molecule has 0 nitrogen and oxygen atoms in total. The molecule has 0 aromatic heterocycles. The van der Waals surface area contributed by atoms with Gasteiger partial charge in [-0.3, -0.25) is 0 Å². The van der Waals surface area contributed by atoms with Crippen LogP contribution in [0.4, 0.5) is 0 Å². The second kappa shape index (κ2) is 14.9. The molecular formula is C48H32Cl2S. The molecule has 0 aliphatic heterocycles. The van der Waals surface area contributed by atoms with Gasteiger partial charge in [0, 0.05) is 19.8 Å². The zero-order chi connectivity index (χ0) is 34.6. The maximum atomic E-state index is 6.49. The first-order valence-corrected chi connectivity index (χ1v) is 18.4. The molecule has 0 amide bonds. The quantitative estimate of drug-likeness (QED) is 0.151. The number of benzene rings is 8. The first-order chi connectivity index (χ1) is 25.1. The largest absolute Gasteiger partial charge is 0.0893 e. The van der Waals surface area contributed by atoms with Gasteiger partial charge in [0.1, 0.15) is 0 Å². The van der Waals surface area contributed by atoms with Crippen LogP contribution >= 0.6 is 35.0 Å². The van der Waals surface area contributed by atoms with E-state index in [-0.39, 0.29) is 0 Å². The van der Waals surface area contributed by atoms with Crippen molar-refractivity contribution in [2.24, 2.45) is 0 Å². The Labute approximate surface area is 314 Å². The summed E-state index contributed by atoms with van der Waals surface area (Å²) >= 11 is 14.7. The van der Waals surface area contributed by atoms with E-state index in [9.17, 15) is 0 Å². The third-order valence-electron chi connectivity index (χ3n) is 8.98. The Balaban J connectivity index is 1.35. The van der Waals surface area contributed by atoms with E-state index in [0.717, 1.165) is 43.2 Å². The number of rotatable bonds is 8. The molecule has 0 saturated carbocycles. The molecule has 0 bridgehead atoms. The second-order valence-corrected chi connectivity index (χ2v) is 14.5. The summed E-state index contributed by atoms with van der Waals surface area (Å²) in [5.74, 6) is 0. The van der Waals surface area contributed by atoms with E-state index in [1.807, 2.05) is 12.1 Å². The zero-order valence-corrected chi connectivity index (χ0v) is 30.0. The molecule has 51 heavy (non-hydrogen) atoms. The van der Waals surface area contributed by atoms with Gasteiger partial charge < -0.3 is 0 Å². The van der Waals surface area contributed by atoms with Gasteiger partial charge in [-0.15, -0.1) is 0 Å². The molecule has 0 saturated heterocycles. The molecule has 8 aromatic carbocycles. The van der Waals surface area contributed by atoms with E-state index in [1.165, 1.54) is 33.4 Å². The molecule has 0 unspecified atom stereocenters. The van der Waals surface area contributed by atoms with E-state index in [1.54, 1.807) is 17.8 Å². The average molecular weight is 712 g/mol. The van der Waals surface area contributed by atoms with Gasteiger partial charge in [0.05, 0.1) is 0 Å². The fourth-order valence-electron chi connectivity index (χ4n) is 6.50. The number of halogens is 2. The molecule has 3 heteroatoms. The average Bonchev–Trinajstić information content (AvgIpc) is 3.18. The summed E-state index contributed by atoms with van der Waals surface area (Å²) in [5.41, 5.74) is 14.0. The van der Waals surface area contributed by atoms with Gasteiger partial charge in [-0.1, -0.05) is 162 Å². The van der Waals surface area contributed by atoms with Crippen molar-refractivity contribution in [2.75, 3.05) is 0 Å². The standard InChI is InChI=1S/C48H32Cl2S/c49-44-30-45(50)32-46(31-44)51-48-22-21-37(42-25-38(33-13-5-1-6-14-33)23-39(26-42)34-15-7-2-8-16-34)29-47(48)43-27-40(35-17-9-3-10-18-35)24-41(28-43)36-19-11-4-12-20-36/h1-32H. The molecule has 0 aliphatic carbocycles. The van der Waals surface area contributed by atoms with Crippen molar-refractivity contribution >= 4 is 35.0 Å². The molecule has 0 aliphatic rings. The lowest BCUT2D eigenvalue weighted by atomic mass is 9.90. The highest BCUT2D eigenvalue weighted by Gasteiger charge is 2.15. The second-order valence-electron chi connectivity index (χ2n) is 12.5. The van der Waals surface area contributed by atoms with Crippen LogP contribution in [0, 0.1) is 0 Å². The molecular weight excluding hydrogens is 680 g/mol. The fraction of sp³-hybridized carbons (Fsp3) is 0. The third-order valence-corrected chi connectivity index (χ3v) is 10.5. The van der Waals surface area contributed by atoms with Crippen molar-refractivity contribution < 1.29 is 0 Å². The van der Waals surface area contributed by atoms with Crippen LogP contribution < -0.4 is 0 Å². The minimum absolute atomic E-state index is 0.617. The van der Waals surface area contributed by atoms with Gasteiger partial charge in [0.2, 0.25) is 0 Å². The van der Waals surface area contributed by atoms with E-state index < -0.39 is 0 Å². The van der Waals surface area contributed by atoms with Crippen LogP contribution in [-0.4, -0.2) is 0 Å². The van der Waals surface area contributed by atoms with Crippen molar-refractivity contribution in [3.63, 3.8) is 0 Å². The van der Waals surface area contributed by atoms with Gasteiger partial charge in [0.15, 0.2) is 0 Å². The maximum Gasteiger partial charge on any atom is 0.0432 e. The van der Waals surface area contributed by atoms with Crippen LogP contribution in [0.2, 0.25) is 10.0 Å². The van der Waals surface area contributed by atoms with Gasteiger partial charge in [-0.25, -0.2) is 0 Å². The highest BCUT2D eigenvalue weighted by atomic mass is 35.5. The predicted octanol–water partition coefficient (Wildman–Crippen LogP) is 15.1. The van der Waals surface area contributed by atoms with Gasteiger partial charge in [-0.05, 0) is 133 Å². The molecule has 0 spiro atoms. The summed E-state index contributed by atoms with van der Waals surface area (Å²) in [6, 6.07) is 68.8. The maximum absolute atomic E-state index is 6.49. The highest BCUT2D eigenvalue weighted by molar-refractivity contribution is 7.99. The Morgan fingerprint density at radius 1 is 0.275 bits per heavy atom. The highest BCUT2D eigenvalue weighted by Crippen LogP contribution is 2.43. The van der Waals surface area contributed by atoms with Crippen molar-refractivity contribution in [3.8, 4) is 66.8 Å². The van der Waals surface area contributed by atoms with Crippen molar-refractivity contribution in [2.45, 2.75) is 9.79 Å². The summed E-state index contributed by atoms with van der Waals surface area (Å²) in [7, 11) is 0. The first-order valence-electron chi connectivity index (χ1n) is 16.9. The van der Waals surface area contributed by atoms with Crippen LogP contribution in [0.5, 0.6) is 0 Å². The Hall–Kier alpha value is -5.31. The van der Waals surface area contributed by atoms with Crippen LogP contribution in [0.1, 0.15) is 0 Å². The molecule has 0 radical (unpaired) electrons. The minimum Gasteiger partial charge on any atom is -0.0893 e. The summed E-state index contributed by atoms with van der Waals surface area (Å²) in [5, 5.41) is 1.23. The molecule has 0 heterocycles. The Morgan fingerprint density at radius 3 is 1.02 bits per heavy atom. The van der Waals surface area contributed by atoms with Gasteiger partial charge in [0.25, 0.3) is 0 Å². The van der Waals surface area contributed by atoms with Crippen molar-refractivity contribution in [1.29, 1.82) is 0 Å². The topological polar surface area (TPSA) is 0 Å². The third kappa shape index (κ3) is 7.58. The summed E-state index contributed by atoms with van der Waals surface area (Å²) in [4.78, 5) is 2.10. The van der Waals surface area contributed by atoms with Crippen molar-refractivity contribution in [3.05, 3.63) is 204 Å². The van der Waals surface area contributed by atoms with E-state index in [4.69, 9.17) is 23.2 Å². The molecule has 0 N–H and O–H groups in total. The van der Waals surface area contributed by atoms with Crippen molar-refractivity contribution in [1.82, 2.24) is 0 Å². The monoisotopic (exact) mass is 710 g/mol. The van der Waals surface area contributed by atoms with Crippen LogP contribution in [-0.2, 0) is 0 Å². The molecule has 0 fully saturated rings. The zero-order valence-electron chi connectivity index (χ0n) is 27.6. The Bertz CT molecular complexity index is 2310.